The number of anilines is 1. The fourth-order valence-corrected chi connectivity index (χ4v) is 2.94. The zero-order valence-corrected chi connectivity index (χ0v) is 12.7. The Morgan fingerprint density at radius 2 is 2.15 bits per heavy atom. The summed E-state index contributed by atoms with van der Waals surface area (Å²) in [6.45, 7) is -1.01. The monoisotopic (exact) mass is 361 g/mol. The van der Waals surface area contributed by atoms with Crippen LogP contribution in [0.15, 0.2) is 34.1 Å². The molecule has 106 valence electrons. The third kappa shape index (κ3) is 3.77. The molecular formula is C13H10BrF2NO2S. The summed E-state index contributed by atoms with van der Waals surface area (Å²) in [4.78, 5) is 12.5. The number of hydrogen-bond acceptors (Lipinski definition) is 3. The number of aryl methyl sites for hydroxylation is 1. The van der Waals surface area contributed by atoms with E-state index >= 15 is 0 Å². The molecular weight excluding hydrogens is 352 g/mol. The van der Waals surface area contributed by atoms with Gasteiger partial charge in [-0.3, -0.25) is 4.79 Å². The highest BCUT2D eigenvalue weighted by atomic mass is 79.9. The van der Waals surface area contributed by atoms with E-state index in [0.717, 1.165) is 9.35 Å². The standard InChI is InChI=1S/C13H10BrF2NO2S/c1-7-5-10(20-11(7)14)12(18)17-8-3-2-4-9(6-8)19-13(15)16/h2-6,13H,1H3,(H,17,18). The van der Waals surface area contributed by atoms with E-state index in [1.807, 2.05) is 6.92 Å². The van der Waals surface area contributed by atoms with Crippen LogP contribution in [0, 0.1) is 6.92 Å². The number of amides is 1. The van der Waals surface area contributed by atoms with Crippen molar-refractivity contribution in [3.63, 3.8) is 0 Å². The van der Waals surface area contributed by atoms with Gasteiger partial charge in [0.15, 0.2) is 0 Å². The molecule has 0 saturated carbocycles. The van der Waals surface area contributed by atoms with E-state index in [1.165, 1.54) is 29.5 Å². The first-order chi connectivity index (χ1) is 9.45. The van der Waals surface area contributed by atoms with Gasteiger partial charge >= 0.3 is 6.61 Å². The number of rotatable bonds is 4. The molecule has 0 aliphatic rings. The lowest BCUT2D eigenvalue weighted by Gasteiger charge is -2.07. The normalized spacial score (nSPS) is 10.7. The molecule has 0 saturated heterocycles. The summed E-state index contributed by atoms with van der Waals surface area (Å²) in [5.41, 5.74) is 1.37. The molecule has 3 nitrogen and oxygen atoms in total. The van der Waals surface area contributed by atoms with E-state index in [2.05, 4.69) is 26.0 Å². The van der Waals surface area contributed by atoms with Crippen LogP contribution in [0.5, 0.6) is 5.75 Å². The van der Waals surface area contributed by atoms with Crippen molar-refractivity contribution < 1.29 is 18.3 Å². The molecule has 1 heterocycles. The van der Waals surface area contributed by atoms with Gasteiger partial charge in [-0.25, -0.2) is 0 Å². The number of carbonyl (C=O) groups excluding carboxylic acids is 1. The summed E-state index contributed by atoms with van der Waals surface area (Å²) in [6.07, 6.45) is 0. The van der Waals surface area contributed by atoms with E-state index in [1.54, 1.807) is 12.1 Å². The molecule has 1 aromatic carbocycles. The summed E-state index contributed by atoms with van der Waals surface area (Å²) in [5, 5.41) is 2.64. The fourth-order valence-electron chi connectivity index (χ4n) is 1.51. The second-order valence-corrected chi connectivity index (χ2v) is 6.30. The van der Waals surface area contributed by atoms with Crippen LogP contribution in [0.1, 0.15) is 15.2 Å². The second-order valence-electron chi connectivity index (χ2n) is 3.93. The largest absolute Gasteiger partial charge is 0.435 e. The number of halogens is 3. The maximum atomic E-state index is 12.1. The summed E-state index contributed by atoms with van der Waals surface area (Å²) in [6, 6.07) is 7.63. The Kier molecular flexibility index (Phi) is 4.72. The van der Waals surface area contributed by atoms with Crippen molar-refractivity contribution in [2.75, 3.05) is 5.32 Å². The van der Waals surface area contributed by atoms with Crippen LogP contribution in [-0.2, 0) is 0 Å². The Labute approximate surface area is 126 Å². The zero-order chi connectivity index (χ0) is 14.7. The van der Waals surface area contributed by atoms with Gasteiger partial charge in [-0.05, 0) is 46.6 Å². The Hall–Kier alpha value is -1.47. The van der Waals surface area contributed by atoms with Gasteiger partial charge < -0.3 is 10.1 Å². The summed E-state index contributed by atoms with van der Waals surface area (Å²) >= 11 is 4.65. The van der Waals surface area contributed by atoms with Gasteiger partial charge in [0.2, 0.25) is 0 Å². The van der Waals surface area contributed by atoms with Crippen molar-refractivity contribution in [2.45, 2.75) is 13.5 Å². The quantitative estimate of drug-likeness (QED) is 0.858. The van der Waals surface area contributed by atoms with Crippen molar-refractivity contribution in [2.24, 2.45) is 0 Å². The zero-order valence-electron chi connectivity index (χ0n) is 10.3. The SMILES string of the molecule is Cc1cc(C(=O)Nc2cccc(OC(F)F)c2)sc1Br. The number of ether oxygens (including phenoxy) is 1. The van der Waals surface area contributed by atoms with Gasteiger partial charge in [-0.2, -0.15) is 8.78 Å². The highest BCUT2D eigenvalue weighted by molar-refractivity contribution is 9.11. The minimum atomic E-state index is -2.89. The van der Waals surface area contributed by atoms with E-state index < -0.39 is 6.61 Å². The Bertz CT molecular complexity index is 611. The number of nitrogens with one attached hydrogen (secondary N) is 1. The van der Waals surface area contributed by atoms with Gasteiger partial charge in [0.25, 0.3) is 5.91 Å². The predicted octanol–water partition coefficient (Wildman–Crippen LogP) is 4.67. The van der Waals surface area contributed by atoms with Gasteiger partial charge in [0.05, 0.1) is 8.66 Å². The Morgan fingerprint density at radius 1 is 1.40 bits per heavy atom. The van der Waals surface area contributed by atoms with Crippen molar-refractivity contribution >= 4 is 38.9 Å². The minimum Gasteiger partial charge on any atom is -0.435 e. The maximum absolute atomic E-state index is 12.1. The molecule has 0 atom stereocenters. The maximum Gasteiger partial charge on any atom is 0.387 e. The van der Waals surface area contributed by atoms with Crippen LogP contribution in [0.4, 0.5) is 14.5 Å². The summed E-state index contributed by atoms with van der Waals surface area (Å²) < 4.78 is 29.4. The highest BCUT2D eigenvalue weighted by Crippen LogP contribution is 2.28. The summed E-state index contributed by atoms with van der Waals surface area (Å²) in [7, 11) is 0. The molecule has 0 unspecified atom stereocenters. The van der Waals surface area contributed by atoms with Crippen molar-refractivity contribution in [3.05, 3.63) is 44.6 Å². The van der Waals surface area contributed by atoms with Crippen LogP contribution in [0.25, 0.3) is 0 Å². The lowest BCUT2D eigenvalue weighted by Crippen LogP contribution is -2.10. The van der Waals surface area contributed by atoms with Crippen LogP contribution < -0.4 is 10.1 Å². The van der Waals surface area contributed by atoms with Gasteiger partial charge in [0.1, 0.15) is 5.75 Å². The lowest BCUT2D eigenvalue weighted by atomic mass is 10.3. The topological polar surface area (TPSA) is 38.3 Å². The number of benzene rings is 1. The second kappa shape index (κ2) is 6.32. The number of alkyl halides is 2. The van der Waals surface area contributed by atoms with Crippen LogP contribution >= 0.6 is 27.3 Å². The highest BCUT2D eigenvalue weighted by Gasteiger charge is 2.12. The number of thiophene rings is 1. The first-order valence-electron chi connectivity index (χ1n) is 5.58. The molecule has 1 aromatic heterocycles. The van der Waals surface area contributed by atoms with Crippen LogP contribution in [0.3, 0.4) is 0 Å². The predicted molar refractivity (Wildman–Crippen MR) is 77.8 cm³/mol. The Balaban J connectivity index is 2.11. The first-order valence-corrected chi connectivity index (χ1v) is 7.19. The molecule has 0 spiro atoms. The fraction of sp³-hybridized carbons (Fsp3) is 0.154. The van der Waals surface area contributed by atoms with Gasteiger partial charge in [-0.1, -0.05) is 6.07 Å². The van der Waals surface area contributed by atoms with E-state index in [9.17, 15) is 13.6 Å². The lowest BCUT2D eigenvalue weighted by molar-refractivity contribution is -0.0497. The van der Waals surface area contributed by atoms with Gasteiger partial charge in [-0.15, -0.1) is 11.3 Å². The van der Waals surface area contributed by atoms with Crippen LogP contribution in [-0.4, -0.2) is 12.5 Å². The average Bonchev–Trinajstić information content (AvgIpc) is 2.69. The number of hydrogen-bond donors (Lipinski definition) is 1. The molecule has 7 heteroatoms. The van der Waals surface area contributed by atoms with Crippen molar-refractivity contribution in [1.29, 1.82) is 0 Å². The molecule has 0 aliphatic heterocycles. The molecule has 0 bridgehead atoms. The molecule has 20 heavy (non-hydrogen) atoms. The average molecular weight is 362 g/mol. The molecule has 0 aliphatic carbocycles. The van der Waals surface area contributed by atoms with Crippen molar-refractivity contribution in [1.82, 2.24) is 0 Å². The van der Waals surface area contributed by atoms with Gasteiger partial charge in [0, 0.05) is 11.8 Å². The third-order valence-corrected chi connectivity index (χ3v) is 4.53. The minimum absolute atomic E-state index is 0.00124. The molecule has 2 rings (SSSR count). The molecule has 1 amide bonds. The molecule has 1 N–H and O–H groups in total. The van der Waals surface area contributed by atoms with Crippen LogP contribution in [0.2, 0.25) is 0 Å². The number of carbonyl (C=O) groups is 1. The molecule has 2 aromatic rings. The van der Waals surface area contributed by atoms with E-state index in [0.29, 0.717) is 10.6 Å². The van der Waals surface area contributed by atoms with E-state index in [-0.39, 0.29) is 11.7 Å². The van der Waals surface area contributed by atoms with Crippen molar-refractivity contribution in [3.8, 4) is 5.75 Å². The molecule has 0 radical (unpaired) electrons. The first kappa shape index (κ1) is 14.9. The third-order valence-electron chi connectivity index (χ3n) is 2.40. The van der Waals surface area contributed by atoms with E-state index in [4.69, 9.17) is 0 Å². The molecule has 0 fully saturated rings. The Morgan fingerprint density at radius 3 is 2.75 bits per heavy atom. The summed E-state index contributed by atoms with van der Waals surface area (Å²) in [5.74, 6) is -0.292. The smallest absolute Gasteiger partial charge is 0.387 e.